The number of anilines is 1. The summed E-state index contributed by atoms with van der Waals surface area (Å²) in [6.07, 6.45) is 2.46. The van der Waals surface area contributed by atoms with Crippen molar-refractivity contribution in [3.8, 4) is 0 Å². The Kier molecular flexibility index (Phi) is 6.35. The summed E-state index contributed by atoms with van der Waals surface area (Å²) in [6.45, 7) is 2.90. The first-order valence-electron chi connectivity index (χ1n) is 7.27. The lowest BCUT2D eigenvalue weighted by molar-refractivity contribution is -0.384. The van der Waals surface area contributed by atoms with Gasteiger partial charge in [-0.1, -0.05) is 0 Å². The number of nitro groups is 1. The summed E-state index contributed by atoms with van der Waals surface area (Å²) in [5, 5.41) is 20.6. The van der Waals surface area contributed by atoms with Crippen LogP contribution in [0.25, 0.3) is 0 Å². The minimum absolute atomic E-state index is 0.0863. The predicted octanol–water partition coefficient (Wildman–Crippen LogP) is 1.65. The number of thiocarbonyl (C=S) groups is 1. The monoisotopic (exact) mass is 324 g/mol. The van der Waals surface area contributed by atoms with Gasteiger partial charge in [0.2, 0.25) is 0 Å². The molecule has 1 fully saturated rings. The molecule has 1 aromatic rings. The molecule has 8 heteroatoms. The number of benzene rings is 1. The third-order valence-electron chi connectivity index (χ3n) is 3.33. The summed E-state index contributed by atoms with van der Waals surface area (Å²) in [5.41, 5.74) is 0.925. The van der Waals surface area contributed by atoms with E-state index in [-0.39, 0.29) is 11.8 Å². The maximum absolute atomic E-state index is 10.5. The van der Waals surface area contributed by atoms with Gasteiger partial charge in [0.05, 0.1) is 11.0 Å². The van der Waals surface area contributed by atoms with Gasteiger partial charge in [0.1, 0.15) is 0 Å². The van der Waals surface area contributed by atoms with E-state index in [1.807, 2.05) is 0 Å². The van der Waals surface area contributed by atoms with Crippen molar-refractivity contribution in [1.82, 2.24) is 10.6 Å². The van der Waals surface area contributed by atoms with Crippen LogP contribution in [-0.4, -0.2) is 42.4 Å². The Labute approximate surface area is 134 Å². The summed E-state index contributed by atoms with van der Waals surface area (Å²) in [4.78, 5) is 10.1. The summed E-state index contributed by atoms with van der Waals surface area (Å²) in [5.74, 6) is 0. The van der Waals surface area contributed by atoms with Crippen LogP contribution in [0.1, 0.15) is 12.8 Å². The lowest BCUT2D eigenvalue weighted by Gasteiger charge is -2.14. The van der Waals surface area contributed by atoms with Crippen molar-refractivity contribution >= 4 is 28.7 Å². The molecule has 22 heavy (non-hydrogen) atoms. The highest BCUT2D eigenvalue weighted by atomic mass is 32.1. The topological polar surface area (TPSA) is 88.5 Å². The van der Waals surface area contributed by atoms with Crippen LogP contribution in [0, 0.1) is 10.1 Å². The molecule has 0 aromatic heterocycles. The van der Waals surface area contributed by atoms with Gasteiger partial charge in [-0.3, -0.25) is 10.1 Å². The number of hydrogen-bond acceptors (Lipinski definition) is 5. The van der Waals surface area contributed by atoms with E-state index >= 15 is 0 Å². The third-order valence-corrected chi connectivity index (χ3v) is 3.62. The number of nitrogens with one attached hydrogen (secondary N) is 3. The molecule has 2 rings (SSSR count). The largest absolute Gasteiger partial charge is 0.383 e. The molecule has 7 nitrogen and oxygen atoms in total. The zero-order valence-electron chi connectivity index (χ0n) is 12.2. The molecule has 1 aliphatic rings. The van der Waals surface area contributed by atoms with E-state index in [0.717, 1.165) is 31.7 Å². The summed E-state index contributed by atoms with van der Waals surface area (Å²) in [7, 11) is 0. The predicted molar refractivity (Wildman–Crippen MR) is 89.2 cm³/mol. The van der Waals surface area contributed by atoms with Crippen molar-refractivity contribution in [2.75, 3.05) is 31.6 Å². The standard InChI is InChI=1S/C14H20N4O3S/c19-18(20)12-5-3-11(4-6-12)15-7-8-16-14(22)17-10-13-2-1-9-21-13/h3-6,13,15H,1-2,7-10H2,(H2,16,17,22)/t13-/m0/s1. The first-order chi connectivity index (χ1) is 10.6. The first kappa shape index (κ1) is 16.4. The summed E-state index contributed by atoms with van der Waals surface area (Å²) >= 11 is 5.18. The van der Waals surface area contributed by atoms with Crippen molar-refractivity contribution in [2.45, 2.75) is 18.9 Å². The number of ether oxygens (including phenoxy) is 1. The molecule has 120 valence electrons. The van der Waals surface area contributed by atoms with E-state index < -0.39 is 4.92 Å². The summed E-state index contributed by atoms with van der Waals surface area (Å²) < 4.78 is 5.50. The van der Waals surface area contributed by atoms with Crippen LogP contribution in [0.3, 0.4) is 0 Å². The van der Waals surface area contributed by atoms with Crippen molar-refractivity contribution in [1.29, 1.82) is 0 Å². The van der Waals surface area contributed by atoms with Crippen LogP contribution >= 0.6 is 12.2 Å². The Balaban J connectivity index is 1.57. The molecule has 0 aliphatic carbocycles. The lowest BCUT2D eigenvalue weighted by atomic mass is 10.2. The number of nitro benzene ring substituents is 1. The fourth-order valence-electron chi connectivity index (χ4n) is 2.16. The Morgan fingerprint density at radius 2 is 2.09 bits per heavy atom. The quantitative estimate of drug-likeness (QED) is 0.304. The second kappa shape index (κ2) is 8.50. The van der Waals surface area contributed by atoms with Gasteiger partial charge < -0.3 is 20.7 Å². The number of rotatable bonds is 7. The average Bonchev–Trinajstić information content (AvgIpc) is 3.03. The zero-order chi connectivity index (χ0) is 15.8. The van der Waals surface area contributed by atoms with Gasteiger partial charge in [-0.05, 0) is 37.2 Å². The Morgan fingerprint density at radius 1 is 1.32 bits per heavy atom. The molecule has 0 saturated carbocycles. The Morgan fingerprint density at radius 3 is 2.73 bits per heavy atom. The number of hydrogen-bond donors (Lipinski definition) is 3. The van der Waals surface area contributed by atoms with Gasteiger partial charge in [0.15, 0.2) is 5.11 Å². The van der Waals surface area contributed by atoms with E-state index in [1.54, 1.807) is 12.1 Å². The highest BCUT2D eigenvalue weighted by Gasteiger charge is 2.14. The molecule has 1 saturated heterocycles. The van der Waals surface area contributed by atoms with Crippen LogP contribution in [0.15, 0.2) is 24.3 Å². The third kappa shape index (κ3) is 5.45. The fraction of sp³-hybridized carbons (Fsp3) is 0.500. The second-order valence-corrected chi connectivity index (χ2v) is 5.41. The van der Waals surface area contributed by atoms with Crippen LogP contribution in [-0.2, 0) is 4.74 Å². The van der Waals surface area contributed by atoms with E-state index in [2.05, 4.69) is 16.0 Å². The SMILES string of the molecule is O=[N+]([O-])c1ccc(NCCNC(=S)NC[C@@H]2CCCO2)cc1. The highest BCUT2D eigenvalue weighted by molar-refractivity contribution is 7.80. The van der Waals surface area contributed by atoms with Crippen molar-refractivity contribution in [3.05, 3.63) is 34.4 Å². The first-order valence-corrected chi connectivity index (χ1v) is 7.67. The van der Waals surface area contributed by atoms with Crippen LogP contribution < -0.4 is 16.0 Å². The van der Waals surface area contributed by atoms with Gasteiger partial charge in [0, 0.05) is 44.1 Å². The van der Waals surface area contributed by atoms with Gasteiger partial charge in [-0.15, -0.1) is 0 Å². The highest BCUT2D eigenvalue weighted by Crippen LogP contribution is 2.14. The lowest BCUT2D eigenvalue weighted by Crippen LogP contribution is -2.41. The van der Waals surface area contributed by atoms with Crippen molar-refractivity contribution < 1.29 is 9.66 Å². The fourth-order valence-corrected chi connectivity index (χ4v) is 2.34. The number of non-ortho nitro benzene ring substituents is 1. The molecule has 3 N–H and O–H groups in total. The minimum atomic E-state index is -0.413. The maximum Gasteiger partial charge on any atom is 0.269 e. The Hall–Kier alpha value is -1.93. The molecule has 0 spiro atoms. The normalized spacial score (nSPS) is 17.0. The molecule has 0 bridgehead atoms. The van der Waals surface area contributed by atoms with Crippen LogP contribution in [0.2, 0.25) is 0 Å². The van der Waals surface area contributed by atoms with Crippen LogP contribution in [0.4, 0.5) is 11.4 Å². The maximum atomic E-state index is 10.5. The van der Waals surface area contributed by atoms with Gasteiger partial charge in [-0.2, -0.15) is 0 Å². The molecular formula is C14H20N4O3S. The van der Waals surface area contributed by atoms with Gasteiger partial charge in [0.25, 0.3) is 5.69 Å². The van der Waals surface area contributed by atoms with Gasteiger partial charge >= 0.3 is 0 Å². The van der Waals surface area contributed by atoms with E-state index in [1.165, 1.54) is 12.1 Å². The van der Waals surface area contributed by atoms with Gasteiger partial charge in [-0.25, -0.2) is 0 Å². The molecule has 0 amide bonds. The van der Waals surface area contributed by atoms with Crippen molar-refractivity contribution in [3.63, 3.8) is 0 Å². The molecule has 1 aromatic carbocycles. The number of nitrogens with zero attached hydrogens (tertiary/aromatic N) is 1. The Bertz CT molecular complexity index is 503. The molecule has 1 heterocycles. The molecule has 1 aliphatic heterocycles. The average molecular weight is 324 g/mol. The van der Waals surface area contributed by atoms with E-state index in [4.69, 9.17) is 17.0 Å². The molecule has 0 unspecified atom stereocenters. The second-order valence-electron chi connectivity index (χ2n) is 5.00. The smallest absolute Gasteiger partial charge is 0.269 e. The van der Waals surface area contributed by atoms with E-state index in [0.29, 0.717) is 18.2 Å². The van der Waals surface area contributed by atoms with Crippen molar-refractivity contribution in [2.24, 2.45) is 0 Å². The van der Waals surface area contributed by atoms with E-state index in [9.17, 15) is 10.1 Å². The molecule has 0 radical (unpaired) electrons. The zero-order valence-corrected chi connectivity index (χ0v) is 13.0. The molecule has 1 atom stereocenters. The molecular weight excluding hydrogens is 304 g/mol. The van der Waals surface area contributed by atoms with Crippen LogP contribution in [0.5, 0.6) is 0 Å². The minimum Gasteiger partial charge on any atom is -0.383 e. The summed E-state index contributed by atoms with van der Waals surface area (Å²) in [6, 6.07) is 6.32.